The number of aliphatic hydroxyl groups excluding tert-OH is 2. The topological polar surface area (TPSA) is 167 Å². The van der Waals surface area contributed by atoms with Gasteiger partial charge in [0.1, 0.15) is 42.4 Å². The van der Waals surface area contributed by atoms with Crippen LogP contribution in [0.5, 0.6) is 23.0 Å². The molecule has 5 aromatic carbocycles. The summed E-state index contributed by atoms with van der Waals surface area (Å²) in [6, 6.07) is 27.0. The second-order valence-electron chi connectivity index (χ2n) is 27.7. The van der Waals surface area contributed by atoms with Crippen LogP contribution < -0.4 is 15.4 Å². The highest BCUT2D eigenvalue weighted by Crippen LogP contribution is 2.64. The third-order valence-corrected chi connectivity index (χ3v) is 23.0. The molecule has 1 saturated carbocycles. The molecule has 12 nitrogen and oxygen atoms in total. The molecule has 12 aliphatic rings. The van der Waals surface area contributed by atoms with Crippen LogP contribution >= 0.6 is 0 Å². The van der Waals surface area contributed by atoms with Gasteiger partial charge < -0.3 is 54.4 Å². The molecule has 10 bridgehead atoms. The van der Waals surface area contributed by atoms with Crippen LogP contribution in [0.3, 0.4) is 0 Å². The zero-order valence-electron chi connectivity index (χ0n) is 50.7. The Morgan fingerprint density at radius 3 is 2.51 bits per heavy atom. The first kappa shape index (κ1) is 56.4. The van der Waals surface area contributed by atoms with Crippen molar-refractivity contribution < 1.29 is 44.5 Å². The summed E-state index contributed by atoms with van der Waals surface area (Å²) in [4.78, 5) is 0. The number of phenolic OH excluding ortho intramolecular Hbond substituents is 3. The van der Waals surface area contributed by atoms with Crippen molar-refractivity contribution in [2.75, 3.05) is 13.7 Å². The summed E-state index contributed by atoms with van der Waals surface area (Å²) in [7, 11) is 1.77. The lowest BCUT2D eigenvalue weighted by atomic mass is 9.45. The molecular formula is C76H83N3O9. The minimum absolute atomic E-state index is 0.0166. The second-order valence-corrected chi connectivity index (χ2v) is 27.7. The molecule has 12 heteroatoms. The molecular weight excluding hydrogens is 1100 g/mol. The first-order valence-corrected chi connectivity index (χ1v) is 33.2. The van der Waals surface area contributed by atoms with Crippen molar-refractivity contribution in [3.05, 3.63) is 181 Å². The summed E-state index contributed by atoms with van der Waals surface area (Å²) in [6.45, 7) is 0.729. The first-order chi connectivity index (χ1) is 43.0. The Kier molecular flexibility index (Phi) is 14.5. The maximum absolute atomic E-state index is 12.7. The number of nitrogens with zero attached hydrogens (tertiary/aromatic N) is 1. The van der Waals surface area contributed by atoms with Gasteiger partial charge in [-0.2, -0.15) is 0 Å². The standard InChI is InChI=1S/C76H83N3O9/c1-85-69-28-24-60-58-22-14-44(11-12-45-15-25-63(82)51(31-45)32-46-7-5-10-57(81)33-46)13-16-47-19-26-66-70(58)74(78-73(60)77-69)79-39-52-34-56(76-55-21-17-48-8-6-9-49(71(48)76)20-27-68(76)75(87-43-55)29-3-2-4-30-75)35-54(62(52)40-79)42-86-72-59-23-18-50(64(83)38-67(47)88-66)36-61(59)53(41-80)37-65(72)84/h5-10,15,19,25-26,31,33-35,37,39-40,44,47,50,55,64,66-69,73,77-78,80-84H,2-4,11-13,16-18,20-21,23-24,27-30,32,36,38,41-43H2,1H3. The van der Waals surface area contributed by atoms with Crippen LogP contribution in [0.1, 0.15) is 151 Å². The van der Waals surface area contributed by atoms with E-state index in [1.54, 1.807) is 36.9 Å². The van der Waals surface area contributed by atoms with Gasteiger partial charge >= 0.3 is 0 Å². The Morgan fingerprint density at radius 1 is 0.795 bits per heavy atom. The van der Waals surface area contributed by atoms with Crippen molar-refractivity contribution in [2.45, 2.75) is 183 Å². The monoisotopic (exact) mass is 1180 g/mol. The number of benzene rings is 5. The van der Waals surface area contributed by atoms with Gasteiger partial charge in [-0.3, -0.25) is 5.32 Å². The smallest absolute Gasteiger partial charge is 0.164 e. The highest BCUT2D eigenvalue weighted by atomic mass is 16.5. The molecule has 1 spiro atoms. The third-order valence-electron chi connectivity index (χ3n) is 23.0. The van der Waals surface area contributed by atoms with E-state index in [4.69, 9.17) is 18.9 Å². The minimum Gasteiger partial charge on any atom is -0.508 e. The highest BCUT2D eigenvalue weighted by molar-refractivity contribution is 5.89. The average molecular weight is 1180 g/mol. The normalized spacial score (nSPS) is 30.0. The van der Waals surface area contributed by atoms with E-state index in [-0.39, 0.29) is 77.7 Å². The zero-order chi connectivity index (χ0) is 59.4. The number of piperidine rings is 1. The number of methoxy groups -OCH3 is 1. The Labute approximate surface area is 516 Å². The van der Waals surface area contributed by atoms with Crippen LogP contribution in [0, 0.1) is 41.4 Å². The maximum Gasteiger partial charge on any atom is 0.164 e. The highest BCUT2D eigenvalue weighted by Gasteiger charge is 2.63. The van der Waals surface area contributed by atoms with Crippen molar-refractivity contribution in [2.24, 2.45) is 29.6 Å². The van der Waals surface area contributed by atoms with Crippen LogP contribution in [-0.4, -0.2) is 80.1 Å². The molecule has 3 fully saturated rings. The molecule has 6 aromatic rings. The Hall–Kier alpha value is -6.82. The van der Waals surface area contributed by atoms with Gasteiger partial charge in [0.15, 0.2) is 11.5 Å². The number of nitrogens with one attached hydrogen (secondary N) is 2. The summed E-state index contributed by atoms with van der Waals surface area (Å²) in [5.41, 5.74) is 15.0. The van der Waals surface area contributed by atoms with Crippen LogP contribution in [0.4, 0.5) is 0 Å². The minimum atomic E-state index is -0.698. The van der Waals surface area contributed by atoms with Gasteiger partial charge in [-0.05, 0) is 200 Å². The van der Waals surface area contributed by atoms with Crippen molar-refractivity contribution >= 4 is 16.6 Å². The SMILES string of the molecule is COC1CCC2=C3C#CC(CCc4ccc(O)c(Cc5cccc(O)c5)c4)CCC4C=CC5OC4CC(O)C4CCc6c(c(CO)cc(O)c6OCc6cc(C78c9c%10cccc9CCC7C7(CCCCC7)OCC8CC%10)cc7cn(cc67)C(=C35)NC2N1)C4. The van der Waals surface area contributed by atoms with E-state index < -0.39 is 12.2 Å². The van der Waals surface area contributed by atoms with Crippen molar-refractivity contribution in [3.8, 4) is 34.8 Å². The largest absolute Gasteiger partial charge is 0.508 e. The molecule has 0 radical (unpaired) electrons. The molecule has 456 valence electrons. The number of aliphatic hydroxyl groups is 2. The number of ether oxygens (including phenoxy) is 4. The van der Waals surface area contributed by atoms with Crippen molar-refractivity contribution in [3.63, 3.8) is 0 Å². The fraction of sp³-hybridized carbons (Fsp3) is 0.474. The predicted octanol–water partition coefficient (Wildman–Crippen LogP) is 12.2. The quantitative estimate of drug-likeness (QED) is 0.0573. The van der Waals surface area contributed by atoms with E-state index in [1.807, 2.05) is 18.2 Å². The Bertz CT molecular complexity index is 3900. The van der Waals surface area contributed by atoms with Crippen LogP contribution in [0.25, 0.3) is 16.6 Å². The van der Waals surface area contributed by atoms with Crippen molar-refractivity contribution in [1.82, 2.24) is 15.2 Å². The summed E-state index contributed by atoms with van der Waals surface area (Å²) >= 11 is 0. The van der Waals surface area contributed by atoms with Crippen molar-refractivity contribution in [1.29, 1.82) is 0 Å². The number of hydrogen-bond acceptors (Lipinski definition) is 11. The summed E-state index contributed by atoms with van der Waals surface area (Å²) in [5.74, 6) is 10.3. The number of aromatic nitrogens is 1. The lowest BCUT2D eigenvalue weighted by molar-refractivity contribution is -0.193. The van der Waals surface area contributed by atoms with Gasteiger partial charge in [-0.25, -0.2) is 0 Å². The van der Waals surface area contributed by atoms with Gasteiger partial charge in [-0.15, -0.1) is 0 Å². The van der Waals surface area contributed by atoms with E-state index in [0.717, 1.165) is 145 Å². The Balaban J connectivity index is 0.884. The van der Waals surface area contributed by atoms with Gasteiger partial charge in [0, 0.05) is 83.0 Å². The van der Waals surface area contributed by atoms with E-state index >= 15 is 0 Å². The fourth-order valence-electron chi connectivity index (χ4n) is 18.8. The zero-order valence-corrected chi connectivity index (χ0v) is 50.7. The third kappa shape index (κ3) is 9.54. The molecule has 18 rings (SSSR count). The molecule has 7 N–H and O–H groups in total. The van der Waals surface area contributed by atoms with Crippen LogP contribution in [0.2, 0.25) is 0 Å². The molecule has 0 amide bonds. The van der Waals surface area contributed by atoms with Gasteiger partial charge in [0.2, 0.25) is 0 Å². The Morgan fingerprint density at radius 2 is 1.66 bits per heavy atom. The molecule has 11 unspecified atom stereocenters. The van der Waals surface area contributed by atoms with E-state index in [9.17, 15) is 25.5 Å². The molecule has 2 saturated heterocycles. The van der Waals surface area contributed by atoms with E-state index in [1.165, 1.54) is 41.5 Å². The number of rotatable bonds is 8. The predicted molar refractivity (Wildman–Crippen MR) is 339 cm³/mol. The molecule has 88 heavy (non-hydrogen) atoms. The number of fused-ring (bicyclic) bond motifs is 8. The number of aromatic hydroxyl groups is 3. The van der Waals surface area contributed by atoms with Gasteiger partial charge in [0.25, 0.3) is 0 Å². The molecule has 8 heterocycles. The van der Waals surface area contributed by atoms with E-state index in [2.05, 4.69) is 88.0 Å². The number of aryl methyl sites for hydroxylation is 3. The lowest BCUT2D eigenvalue weighted by Gasteiger charge is -2.63. The number of hydrogen-bond donors (Lipinski definition) is 7. The van der Waals surface area contributed by atoms with Gasteiger partial charge in [0.05, 0.1) is 31.0 Å². The molecule has 11 atom stereocenters. The maximum atomic E-state index is 12.7. The molecule has 1 aromatic heterocycles. The van der Waals surface area contributed by atoms with Crippen LogP contribution in [0.15, 0.2) is 120 Å². The summed E-state index contributed by atoms with van der Waals surface area (Å²) in [6.07, 6.45) is 24.9. The average Bonchev–Trinajstić information content (AvgIpc) is 0.771. The number of phenols is 3. The van der Waals surface area contributed by atoms with Gasteiger partial charge in [-0.1, -0.05) is 91.8 Å². The summed E-state index contributed by atoms with van der Waals surface area (Å²) < 4.78 is 30.5. The fourth-order valence-corrected chi connectivity index (χ4v) is 18.8. The van der Waals surface area contributed by atoms with Crippen LogP contribution in [-0.2, 0) is 71.4 Å². The summed E-state index contributed by atoms with van der Waals surface area (Å²) in [5, 5.41) is 67.1. The molecule has 5 aliphatic carbocycles. The second kappa shape index (κ2) is 22.6. The first-order valence-electron chi connectivity index (χ1n) is 33.2. The lowest BCUT2D eigenvalue weighted by Crippen LogP contribution is -2.64. The molecule has 7 aliphatic heterocycles. The van der Waals surface area contributed by atoms with E-state index in [0.29, 0.717) is 55.3 Å². The number of dihydropyridines is 1.